The zero-order valence-electron chi connectivity index (χ0n) is 10.6. The lowest BCUT2D eigenvalue weighted by molar-refractivity contribution is 0.108. The van der Waals surface area contributed by atoms with E-state index in [1.807, 2.05) is 7.05 Å². The first-order valence-electron chi connectivity index (χ1n) is 6.54. The molecule has 1 aromatic rings. The van der Waals surface area contributed by atoms with E-state index in [9.17, 15) is 0 Å². The number of aromatic nitrogens is 3. The van der Waals surface area contributed by atoms with E-state index in [0.29, 0.717) is 6.04 Å². The van der Waals surface area contributed by atoms with Gasteiger partial charge in [0.1, 0.15) is 6.33 Å². The van der Waals surface area contributed by atoms with Crippen LogP contribution in [0.25, 0.3) is 0 Å². The Morgan fingerprint density at radius 1 is 1.35 bits per heavy atom. The highest BCUT2D eigenvalue weighted by Crippen LogP contribution is 2.36. The second-order valence-electron chi connectivity index (χ2n) is 5.35. The number of aryl methyl sites for hydroxylation is 1. The lowest BCUT2D eigenvalue weighted by Gasteiger charge is -2.38. The molecule has 2 aliphatic rings. The molecule has 0 amide bonds. The average Bonchev–Trinajstić information content (AvgIpc) is 2.82. The van der Waals surface area contributed by atoms with Gasteiger partial charge in [-0.1, -0.05) is 0 Å². The fourth-order valence-electron chi connectivity index (χ4n) is 3.39. The first-order chi connectivity index (χ1) is 8.26. The third-order valence-electron chi connectivity index (χ3n) is 4.26. The molecule has 3 rings (SSSR count). The van der Waals surface area contributed by atoms with Crippen LogP contribution in [-0.4, -0.2) is 44.8 Å². The lowest BCUT2D eigenvalue weighted by atomic mass is 9.97. The van der Waals surface area contributed by atoms with Gasteiger partial charge in [0.05, 0.1) is 6.54 Å². The number of nitrogens with one attached hydrogen (secondary N) is 1. The van der Waals surface area contributed by atoms with E-state index in [4.69, 9.17) is 0 Å². The topological polar surface area (TPSA) is 46.0 Å². The maximum absolute atomic E-state index is 4.39. The molecule has 0 spiro atoms. The summed E-state index contributed by atoms with van der Waals surface area (Å²) in [7, 11) is 4.01. The average molecular weight is 235 g/mol. The van der Waals surface area contributed by atoms with Crippen LogP contribution in [0.3, 0.4) is 0 Å². The Hall–Kier alpha value is -0.940. The molecule has 0 aliphatic carbocycles. The minimum absolute atomic E-state index is 0.709. The van der Waals surface area contributed by atoms with E-state index in [1.165, 1.54) is 25.7 Å². The number of rotatable bonds is 3. The molecule has 0 saturated carbocycles. The minimum Gasteiger partial charge on any atom is -0.317 e. The van der Waals surface area contributed by atoms with Crippen molar-refractivity contribution in [1.29, 1.82) is 0 Å². The molecule has 0 radical (unpaired) electrons. The number of hydrogen-bond donors (Lipinski definition) is 1. The van der Waals surface area contributed by atoms with Gasteiger partial charge in [0.15, 0.2) is 5.82 Å². The Morgan fingerprint density at radius 2 is 2.06 bits per heavy atom. The highest BCUT2D eigenvalue weighted by Gasteiger charge is 2.40. The minimum atomic E-state index is 0.709. The predicted molar refractivity (Wildman–Crippen MR) is 65.4 cm³/mol. The number of hydrogen-bond acceptors (Lipinski definition) is 4. The summed E-state index contributed by atoms with van der Waals surface area (Å²) in [6, 6.07) is 2.17. The Labute approximate surface area is 102 Å². The van der Waals surface area contributed by atoms with Gasteiger partial charge in [0, 0.05) is 25.2 Å². The van der Waals surface area contributed by atoms with Crippen molar-refractivity contribution >= 4 is 0 Å². The quantitative estimate of drug-likeness (QED) is 0.830. The molecular weight excluding hydrogens is 214 g/mol. The number of fused-ring (bicyclic) bond motifs is 2. The molecular formula is C12H21N5. The highest BCUT2D eigenvalue weighted by molar-refractivity contribution is 4.99. The molecule has 17 heavy (non-hydrogen) atoms. The van der Waals surface area contributed by atoms with Crippen molar-refractivity contribution in [2.75, 3.05) is 7.05 Å². The summed E-state index contributed by atoms with van der Waals surface area (Å²) in [5.41, 5.74) is 0. The molecule has 1 aromatic heterocycles. The van der Waals surface area contributed by atoms with Crippen molar-refractivity contribution in [1.82, 2.24) is 25.0 Å². The summed E-state index contributed by atoms with van der Waals surface area (Å²) in [5, 5.41) is 7.82. The van der Waals surface area contributed by atoms with Crippen LogP contribution in [0.15, 0.2) is 6.33 Å². The Balaban J connectivity index is 1.69. The second-order valence-corrected chi connectivity index (χ2v) is 5.35. The first-order valence-corrected chi connectivity index (χ1v) is 6.54. The van der Waals surface area contributed by atoms with Crippen molar-refractivity contribution in [3.8, 4) is 0 Å². The Kier molecular flexibility index (Phi) is 2.88. The number of nitrogens with zero attached hydrogens (tertiary/aromatic N) is 4. The summed E-state index contributed by atoms with van der Waals surface area (Å²) in [6.07, 6.45) is 7.03. The summed E-state index contributed by atoms with van der Waals surface area (Å²) >= 11 is 0. The van der Waals surface area contributed by atoms with E-state index in [1.54, 1.807) is 11.0 Å². The zero-order chi connectivity index (χ0) is 11.8. The number of piperidine rings is 1. The van der Waals surface area contributed by atoms with Gasteiger partial charge in [0.2, 0.25) is 0 Å². The van der Waals surface area contributed by atoms with Gasteiger partial charge < -0.3 is 5.32 Å². The van der Waals surface area contributed by atoms with Gasteiger partial charge in [-0.3, -0.25) is 9.58 Å². The molecule has 2 aliphatic heterocycles. The van der Waals surface area contributed by atoms with E-state index < -0.39 is 0 Å². The molecule has 2 saturated heterocycles. The zero-order valence-corrected chi connectivity index (χ0v) is 10.6. The van der Waals surface area contributed by atoms with E-state index in [-0.39, 0.29) is 0 Å². The molecule has 2 atom stereocenters. The van der Waals surface area contributed by atoms with Crippen LogP contribution in [0, 0.1) is 0 Å². The monoisotopic (exact) mass is 235 g/mol. The SMILES string of the molecule is CNC1CC2CCC(C1)N2Cc1ncn(C)n1. The van der Waals surface area contributed by atoms with Crippen LogP contribution in [0.1, 0.15) is 31.5 Å². The van der Waals surface area contributed by atoms with Crippen molar-refractivity contribution in [2.24, 2.45) is 7.05 Å². The van der Waals surface area contributed by atoms with Gasteiger partial charge in [-0.15, -0.1) is 0 Å². The molecule has 2 bridgehead atoms. The maximum Gasteiger partial charge on any atom is 0.164 e. The van der Waals surface area contributed by atoms with Crippen LogP contribution < -0.4 is 5.32 Å². The van der Waals surface area contributed by atoms with E-state index >= 15 is 0 Å². The molecule has 3 heterocycles. The van der Waals surface area contributed by atoms with Gasteiger partial charge in [-0.25, -0.2) is 4.98 Å². The fraction of sp³-hybridized carbons (Fsp3) is 0.833. The Morgan fingerprint density at radius 3 is 2.59 bits per heavy atom. The van der Waals surface area contributed by atoms with Gasteiger partial charge in [-0.2, -0.15) is 5.10 Å². The standard InChI is InChI=1S/C12H21N5/c1-13-9-5-10-3-4-11(6-9)17(10)7-12-14-8-16(2)15-12/h8-11,13H,3-7H2,1-2H3. The molecule has 0 aromatic carbocycles. The molecule has 5 nitrogen and oxygen atoms in total. The van der Waals surface area contributed by atoms with E-state index in [0.717, 1.165) is 24.5 Å². The van der Waals surface area contributed by atoms with Crippen molar-refractivity contribution in [3.05, 3.63) is 12.2 Å². The third-order valence-corrected chi connectivity index (χ3v) is 4.26. The second kappa shape index (κ2) is 4.38. The predicted octanol–water partition coefficient (Wildman–Crippen LogP) is 0.530. The molecule has 1 N–H and O–H groups in total. The van der Waals surface area contributed by atoms with Crippen LogP contribution >= 0.6 is 0 Å². The maximum atomic E-state index is 4.39. The summed E-state index contributed by atoms with van der Waals surface area (Å²) in [4.78, 5) is 6.95. The van der Waals surface area contributed by atoms with Crippen molar-refractivity contribution < 1.29 is 0 Å². The van der Waals surface area contributed by atoms with Gasteiger partial charge >= 0.3 is 0 Å². The van der Waals surface area contributed by atoms with Gasteiger partial charge in [-0.05, 0) is 32.7 Å². The van der Waals surface area contributed by atoms with Crippen LogP contribution in [0.5, 0.6) is 0 Å². The van der Waals surface area contributed by atoms with E-state index in [2.05, 4.69) is 27.3 Å². The van der Waals surface area contributed by atoms with Gasteiger partial charge in [0.25, 0.3) is 0 Å². The molecule has 94 valence electrons. The summed E-state index contributed by atoms with van der Waals surface area (Å²) in [5.74, 6) is 0.965. The fourth-order valence-corrected chi connectivity index (χ4v) is 3.39. The summed E-state index contributed by atoms with van der Waals surface area (Å²) in [6.45, 7) is 0.923. The smallest absolute Gasteiger partial charge is 0.164 e. The largest absolute Gasteiger partial charge is 0.317 e. The normalized spacial score (nSPS) is 33.2. The summed E-state index contributed by atoms with van der Waals surface area (Å²) < 4.78 is 1.79. The van der Waals surface area contributed by atoms with Crippen LogP contribution in [0.4, 0.5) is 0 Å². The lowest BCUT2D eigenvalue weighted by Crippen LogP contribution is -2.47. The Bertz CT molecular complexity index is 374. The third kappa shape index (κ3) is 2.09. The first kappa shape index (κ1) is 11.2. The highest BCUT2D eigenvalue weighted by atomic mass is 15.3. The molecule has 2 fully saturated rings. The molecule has 5 heteroatoms. The molecule has 2 unspecified atom stereocenters. The van der Waals surface area contributed by atoms with Crippen molar-refractivity contribution in [3.63, 3.8) is 0 Å². The van der Waals surface area contributed by atoms with Crippen LogP contribution in [0.2, 0.25) is 0 Å². The van der Waals surface area contributed by atoms with Crippen molar-refractivity contribution in [2.45, 2.75) is 50.4 Å². The van der Waals surface area contributed by atoms with Crippen LogP contribution in [-0.2, 0) is 13.6 Å².